The number of likely N-dealkylation sites (tertiary alicyclic amines) is 1. The molecule has 2 heterocycles. The molecule has 0 aliphatic carbocycles. The third kappa shape index (κ3) is 5.67. The molecule has 3 aromatic rings. The number of benzene rings is 2. The van der Waals surface area contributed by atoms with Crippen molar-refractivity contribution >= 4 is 34.1 Å². The van der Waals surface area contributed by atoms with Crippen LogP contribution in [0.15, 0.2) is 60.0 Å². The minimum atomic E-state index is -0.498. The molecule has 1 saturated heterocycles. The van der Waals surface area contributed by atoms with Crippen molar-refractivity contribution in [3.63, 3.8) is 0 Å². The molecule has 1 aliphatic rings. The van der Waals surface area contributed by atoms with Gasteiger partial charge in [-0.2, -0.15) is 0 Å². The molecule has 160 valence electrons. The predicted molar refractivity (Wildman–Crippen MR) is 120 cm³/mol. The lowest BCUT2D eigenvalue weighted by Gasteiger charge is -2.31. The number of carbonyl (C=O) groups is 2. The van der Waals surface area contributed by atoms with Gasteiger partial charge in [-0.25, -0.2) is 14.2 Å². The number of hydrogen-bond acceptors (Lipinski definition) is 4. The van der Waals surface area contributed by atoms with Crippen molar-refractivity contribution in [3.05, 3.63) is 77.1 Å². The first kappa shape index (κ1) is 21.0. The molecule has 8 heteroatoms. The summed E-state index contributed by atoms with van der Waals surface area (Å²) in [5, 5.41) is 7.20. The van der Waals surface area contributed by atoms with Gasteiger partial charge in [-0.3, -0.25) is 10.1 Å². The summed E-state index contributed by atoms with van der Waals surface area (Å²) in [6.45, 7) is 1.42. The molecule has 1 aliphatic heterocycles. The molecule has 0 unspecified atom stereocenters. The predicted octanol–water partition coefficient (Wildman–Crippen LogP) is 5.02. The maximum Gasteiger partial charge on any atom is 0.325 e. The molecule has 0 radical (unpaired) electrons. The number of amides is 3. The highest BCUT2D eigenvalue weighted by molar-refractivity contribution is 7.14. The molecular weight excluding hydrogens is 415 g/mol. The molecule has 0 bridgehead atoms. The van der Waals surface area contributed by atoms with Crippen LogP contribution in [0, 0.1) is 11.7 Å². The van der Waals surface area contributed by atoms with Crippen LogP contribution >= 0.6 is 11.3 Å². The number of piperidine rings is 1. The molecule has 0 spiro atoms. The van der Waals surface area contributed by atoms with Gasteiger partial charge >= 0.3 is 6.03 Å². The van der Waals surface area contributed by atoms with Crippen LogP contribution in [0.4, 0.5) is 20.0 Å². The fraction of sp³-hybridized carbons (Fsp3) is 0.261. The van der Waals surface area contributed by atoms with E-state index in [1.54, 1.807) is 5.38 Å². The van der Waals surface area contributed by atoms with E-state index in [1.165, 1.54) is 41.2 Å². The van der Waals surface area contributed by atoms with E-state index in [-0.39, 0.29) is 11.7 Å². The number of carbonyl (C=O) groups excluding carboxylic acids is 2. The van der Waals surface area contributed by atoms with E-state index in [2.05, 4.69) is 39.9 Å². The number of anilines is 2. The molecule has 3 amide bonds. The summed E-state index contributed by atoms with van der Waals surface area (Å²) in [7, 11) is 0. The van der Waals surface area contributed by atoms with E-state index in [9.17, 15) is 14.0 Å². The van der Waals surface area contributed by atoms with Crippen molar-refractivity contribution in [1.29, 1.82) is 0 Å². The van der Waals surface area contributed by atoms with Crippen molar-refractivity contribution in [1.82, 2.24) is 9.88 Å². The van der Waals surface area contributed by atoms with Crippen LogP contribution < -0.4 is 10.6 Å². The molecule has 0 atom stereocenters. The lowest BCUT2D eigenvalue weighted by molar-refractivity contribution is 0.0685. The van der Waals surface area contributed by atoms with Crippen molar-refractivity contribution in [2.45, 2.75) is 19.3 Å². The normalized spacial score (nSPS) is 14.3. The Morgan fingerprint density at radius 1 is 1.03 bits per heavy atom. The van der Waals surface area contributed by atoms with E-state index in [1.807, 2.05) is 11.0 Å². The van der Waals surface area contributed by atoms with E-state index in [0.717, 1.165) is 19.3 Å². The van der Waals surface area contributed by atoms with Gasteiger partial charge < -0.3 is 10.2 Å². The Hall–Kier alpha value is -3.26. The Morgan fingerprint density at radius 2 is 1.74 bits per heavy atom. The van der Waals surface area contributed by atoms with E-state index in [4.69, 9.17) is 0 Å². The summed E-state index contributed by atoms with van der Waals surface area (Å²) in [6, 6.07) is 15.4. The molecule has 1 fully saturated rings. The van der Waals surface area contributed by atoms with Gasteiger partial charge in [0.1, 0.15) is 11.5 Å². The minimum Gasteiger partial charge on any atom is -0.337 e. The topological polar surface area (TPSA) is 74.3 Å². The van der Waals surface area contributed by atoms with Crippen molar-refractivity contribution in [2.75, 3.05) is 23.7 Å². The number of nitrogens with zero attached hydrogens (tertiary/aromatic N) is 2. The van der Waals surface area contributed by atoms with Gasteiger partial charge in [-0.1, -0.05) is 30.3 Å². The highest BCUT2D eigenvalue weighted by Gasteiger charge is 2.25. The number of urea groups is 1. The number of halogens is 1. The highest BCUT2D eigenvalue weighted by Crippen LogP contribution is 2.24. The maximum absolute atomic E-state index is 12.9. The molecule has 0 saturated carbocycles. The second kappa shape index (κ2) is 9.70. The van der Waals surface area contributed by atoms with Crippen LogP contribution in [0.5, 0.6) is 0 Å². The molecule has 6 nitrogen and oxygen atoms in total. The molecule has 2 aromatic carbocycles. The number of rotatable bonds is 5. The van der Waals surface area contributed by atoms with Gasteiger partial charge in [0.15, 0.2) is 5.13 Å². The summed E-state index contributed by atoms with van der Waals surface area (Å²) in [5.41, 5.74) is 2.13. The van der Waals surface area contributed by atoms with Crippen LogP contribution in [-0.2, 0) is 6.42 Å². The van der Waals surface area contributed by atoms with E-state index < -0.39 is 6.03 Å². The highest BCUT2D eigenvalue weighted by atomic mass is 32.1. The first-order chi connectivity index (χ1) is 15.1. The van der Waals surface area contributed by atoms with Crippen LogP contribution in [0.1, 0.15) is 28.9 Å². The summed E-state index contributed by atoms with van der Waals surface area (Å²) in [5.74, 6) is 0.0915. The Labute approximate surface area is 184 Å². The third-order valence-electron chi connectivity index (χ3n) is 5.31. The summed E-state index contributed by atoms with van der Waals surface area (Å²) in [4.78, 5) is 31.0. The quantitative estimate of drug-likeness (QED) is 0.587. The van der Waals surface area contributed by atoms with Crippen LogP contribution in [-0.4, -0.2) is 34.9 Å². The Bertz CT molecular complexity index is 1030. The maximum atomic E-state index is 12.9. The zero-order valence-corrected chi connectivity index (χ0v) is 17.7. The third-order valence-corrected chi connectivity index (χ3v) is 6.07. The summed E-state index contributed by atoms with van der Waals surface area (Å²) >= 11 is 1.19. The van der Waals surface area contributed by atoms with Crippen molar-refractivity contribution in [3.8, 4) is 0 Å². The average Bonchev–Trinajstić information content (AvgIpc) is 3.24. The molecule has 4 rings (SSSR count). The Kier molecular flexibility index (Phi) is 6.57. The number of hydrogen-bond donors (Lipinski definition) is 2. The monoisotopic (exact) mass is 438 g/mol. The van der Waals surface area contributed by atoms with Crippen LogP contribution in [0.3, 0.4) is 0 Å². The first-order valence-electron chi connectivity index (χ1n) is 10.2. The van der Waals surface area contributed by atoms with E-state index >= 15 is 0 Å². The molecule has 2 N–H and O–H groups in total. The molecule has 31 heavy (non-hydrogen) atoms. The fourth-order valence-electron chi connectivity index (χ4n) is 3.67. The lowest BCUT2D eigenvalue weighted by Crippen LogP contribution is -2.39. The standard InChI is InChI=1S/C23H23FN4O2S/c24-18-6-8-19(9-7-18)25-22(30)27-23-26-20(15-31-23)21(29)28-12-10-17(11-13-28)14-16-4-2-1-3-5-16/h1-9,15,17H,10-14H2,(H2,25,26,27,30). The van der Waals surface area contributed by atoms with Gasteiger partial charge in [0, 0.05) is 24.2 Å². The van der Waals surface area contributed by atoms with Gasteiger partial charge in [0.2, 0.25) is 0 Å². The zero-order chi connectivity index (χ0) is 21.6. The minimum absolute atomic E-state index is 0.110. The number of thiazole rings is 1. The second-order valence-electron chi connectivity index (χ2n) is 7.55. The fourth-order valence-corrected chi connectivity index (χ4v) is 4.35. The molecular formula is C23H23FN4O2S. The Balaban J connectivity index is 1.27. The van der Waals surface area contributed by atoms with E-state index in [0.29, 0.717) is 35.5 Å². The first-order valence-corrected chi connectivity index (χ1v) is 11.1. The SMILES string of the molecule is O=C(Nc1ccc(F)cc1)Nc1nc(C(=O)N2CCC(Cc3ccccc3)CC2)cs1. The van der Waals surface area contributed by atoms with Crippen molar-refractivity contribution < 1.29 is 14.0 Å². The summed E-state index contributed by atoms with van der Waals surface area (Å²) < 4.78 is 12.9. The smallest absolute Gasteiger partial charge is 0.325 e. The van der Waals surface area contributed by atoms with Gasteiger partial charge in [-0.15, -0.1) is 11.3 Å². The largest absolute Gasteiger partial charge is 0.337 e. The number of aromatic nitrogens is 1. The summed E-state index contributed by atoms with van der Waals surface area (Å²) in [6.07, 6.45) is 2.97. The van der Waals surface area contributed by atoms with Crippen LogP contribution in [0.25, 0.3) is 0 Å². The van der Waals surface area contributed by atoms with Gasteiger partial charge in [0.05, 0.1) is 0 Å². The van der Waals surface area contributed by atoms with Crippen molar-refractivity contribution in [2.24, 2.45) is 5.92 Å². The van der Waals surface area contributed by atoms with Gasteiger partial charge in [0.25, 0.3) is 5.91 Å². The number of nitrogens with one attached hydrogen (secondary N) is 2. The second-order valence-corrected chi connectivity index (χ2v) is 8.41. The van der Waals surface area contributed by atoms with Gasteiger partial charge in [-0.05, 0) is 55.0 Å². The zero-order valence-electron chi connectivity index (χ0n) is 16.9. The average molecular weight is 439 g/mol. The Morgan fingerprint density at radius 3 is 2.45 bits per heavy atom. The molecule has 1 aromatic heterocycles. The van der Waals surface area contributed by atoms with Crippen LogP contribution in [0.2, 0.25) is 0 Å². The lowest BCUT2D eigenvalue weighted by atomic mass is 9.90.